The Bertz CT molecular complexity index is 1190. The second-order valence-corrected chi connectivity index (χ2v) is 8.15. The molecule has 4 rings (SSSR count). The van der Waals surface area contributed by atoms with E-state index in [2.05, 4.69) is 6.92 Å². The minimum Gasteiger partial charge on any atom is -0.497 e. The predicted molar refractivity (Wildman–Crippen MR) is 126 cm³/mol. The van der Waals surface area contributed by atoms with Gasteiger partial charge in [0.05, 0.1) is 20.8 Å². The van der Waals surface area contributed by atoms with Crippen LogP contribution in [0.15, 0.2) is 66.7 Å². The summed E-state index contributed by atoms with van der Waals surface area (Å²) in [6.45, 7) is 2.72. The maximum atomic E-state index is 13.6. The maximum Gasteiger partial charge on any atom is 0.195 e. The highest BCUT2D eigenvalue weighted by molar-refractivity contribution is 7.22. The van der Waals surface area contributed by atoms with E-state index in [0.717, 1.165) is 44.2 Å². The standard InChI is InChI=1S/C26H24O4S/c1-4-15-30-20-11-5-17(6-12-20)25(27)24-22-14-13-21(29-3)16-23(22)31-26(24)18-7-9-19(28-2)10-8-18/h5-14,16H,4,15H2,1-3H3. The number of carbonyl (C=O) groups excluding carboxylic acids is 1. The average molecular weight is 433 g/mol. The van der Waals surface area contributed by atoms with E-state index in [4.69, 9.17) is 14.2 Å². The monoisotopic (exact) mass is 432 g/mol. The van der Waals surface area contributed by atoms with E-state index in [9.17, 15) is 4.79 Å². The fraction of sp³-hybridized carbons (Fsp3) is 0.192. The van der Waals surface area contributed by atoms with Crippen molar-refractivity contribution in [2.45, 2.75) is 13.3 Å². The lowest BCUT2D eigenvalue weighted by molar-refractivity contribution is 0.104. The molecule has 1 aromatic heterocycles. The smallest absolute Gasteiger partial charge is 0.195 e. The van der Waals surface area contributed by atoms with Crippen LogP contribution in [0.4, 0.5) is 0 Å². The number of hydrogen-bond donors (Lipinski definition) is 0. The molecule has 158 valence electrons. The van der Waals surface area contributed by atoms with E-state index in [1.807, 2.05) is 66.7 Å². The largest absolute Gasteiger partial charge is 0.497 e. The minimum atomic E-state index is -0.00993. The van der Waals surface area contributed by atoms with Crippen LogP contribution in [-0.2, 0) is 0 Å². The fourth-order valence-electron chi connectivity index (χ4n) is 3.44. The molecule has 0 aliphatic heterocycles. The van der Waals surface area contributed by atoms with Crippen LogP contribution in [-0.4, -0.2) is 26.6 Å². The van der Waals surface area contributed by atoms with Crippen LogP contribution in [0.1, 0.15) is 29.3 Å². The SMILES string of the molecule is CCCOc1ccc(C(=O)c2c(-c3ccc(OC)cc3)sc3cc(OC)ccc23)cc1. The molecule has 4 nitrogen and oxygen atoms in total. The van der Waals surface area contributed by atoms with Crippen molar-refractivity contribution in [3.8, 4) is 27.7 Å². The van der Waals surface area contributed by atoms with Crippen molar-refractivity contribution in [3.63, 3.8) is 0 Å². The zero-order valence-corrected chi connectivity index (χ0v) is 18.6. The first-order valence-electron chi connectivity index (χ1n) is 10.2. The molecule has 0 saturated heterocycles. The Morgan fingerprint density at radius 3 is 2.13 bits per heavy atom. The summed E-state index contributed by atoms with van der Waals surface area (Å²) >= 11 is 1.59. The molecule has 0 atom stereocenters. The molecule has 5 heteroatoms. The van der Waals surface area contributed by atoms with Gasteiger partial charge in [-0.1, -0.05) is 6.92 Å². The number of methoxy groups -OCH3 is 2. The van der Waals surface area contributed by atoms with Gasteiger partial charge in [-0.25, -0.2) is 0 Å². The lowest BCUT2D eigenvalue weighted by Crippen LogP contribution is -2.03. The third-order valence-corrected chi connectivity index (χ3v) is 6.27. The highest BCUT2D eigenvalue weighted by atomic mass is 32.1. The Morgan fingerprint density at radius 1 is 0.839 bits per heavy atom. The number of thiophene rings is 1. The molecule has 1 heterocycles. The van der Waals surface area contributed by atoms with Gasteiger partial charge in [0.25, 0.3) is 0 Å². The maximum absolute atomic E-state index is 13.6. The zero-order valence-electron chi connectivity index (χ0n) is 17.8. The third-order valence-electron chi connectivity index (χ3n) is 5.07. The Kier molecular flexibility index (Phi) is 6.23. The van der Waals surface area contributed by atoms with E-state index in [0.29, 0.717) is 17.7 Å². The molecule has 0 aliphatic rings. The van der Waals surface area contributed by atoms with Gasteiger partial charge in [0.1, 0.15) is 17.2 Å². The molecule has 3 aromatic carbocycles. The molecule has 4 aromatic rings. The zero-order chi connectivity index (χ0) is 21.8. The number of rotatable bonds is 8. The second kappa shape index (κ2) is 9.23. The molecule has 0 radical (unpaired) electrons. The van der Waals surface area contributed by atoms with Crippen molar-refractivity contribution < 1.29 is 19.0 Å². The number of carbonyl (C=O) groups is 1. The lowest BCUT2D eigenvalue weighted by atomic mass is 9.97. The minimum absolute atomic E-state index is 0.00993. The van der Waals surface area contributed by atoms with Crippen molar-refractivity contribution in [1.29, 1.82) is 0 Å². The van der Waals surface area contributed by atoms with Crippen LogP contribution in [0.2, 0.25) is 0 Å². The summed E-state index contributed by atoms with van der Waals surface area (Å²) in [7, 11) is 3.29. The molecule has 0 amide bonds. The Hall–Kier alpha value is -3.31. The first-order valence-corrected chi connectivity index (χ1v) is 11.0. The summed E-state index contributed by atoms with van der Waals surface area (Å²) in [5.74, 6) is 2.31. The summed E-state index contributed by atoms with van der Waals surface area (Å²) in [6.07, 6.45) is 0.941. The molecule has 31 heavy (non-hydrogen) atoms. The summed E-state index contributed by atoms with van der Waals surface area (Å²) in [6, 6.07) is 21.0. The summed E-state index contributed by atoms with van der Waals surface area (Å²) in [5, 5.41) is 0.924. The van der Waals surface area contributed by atoms with E-state index in [1.165, 1.54) is 0 Å². The summed E-state index contributed by atoms with van der Waals surface area (Å²) < 4.78 is 17.3. The van der Waals surface area contributed by atoms with Crippen LogP contribution in [0, 0.1) is 0 Å². The van der Waals surface area contributed by atoms with Crippen LogP contribution in [0.25, 0.3) is 20.5 Å². The quantitative estimate of drug-likeness (QED) is 0.294. The number of hydrogen-bond acceptors (Lipinski definition) is 5. The Morgan fingerprint density at radius 2 is 1.48 bits per heavy atom. The number of benzene rings is 3. The molecule has 0 fully saturated rings. The van der Waals surface area contributed by atoms with E-state index < -0.39 is 0 Å². The molecule has 0 saturated carbocycles. The molecule has 0 bridgehead atoms. The van der Waals surface area contributed by atoms with Gasteiger partial charge in [-0.3, -0.25) is 4.79 Å². The van der Waals surface area contributed by atoms with Gasteiger partial charge in [0.2, 0.25) is 0 Å². The van der Waals surface area contributed by atoms with Crippen molar-refractivity contribution in [2.24, 2.45) is 0 Å². The van der Waals surface area contributed by atoms with E-state index in [-0.39, 0.29) is 5.78 Å². The number of ketones is 1. The highest BCUT2D eigenvalue weighted by Crippen LogP contribution is 2.41. The number of fused-ring (bicyclic) bond motifs is 1. The van der Waals surface area contributed by atoms with Crippen LogP contribution in [0.3, 0.4) is 0 Å². The van der Waals surface area contributed by atoms with Crippen molar-refractivity contribution in [1.82, 2.24) is 0 Å². The second-order valence-electron chi connectivity index (χ2n) is 7.10. The molecule has 0 aliphatic carbocycles. The molecular formula is C26H24O4S. The normalized spacial score (nSPS) is 10.8. The Labute approximate surface area is 186 Å². The van der Waals surface area contributed by atoms with Gasteiger partial charge in [0, 0.05) is 26.1 Å². The average Bonchev–Trinajstić information content (AvgIpc) is 3.21. The summed E-state index contributed by atoms with van der Waals surface area (Å²) in [5.41, 5.74) is 2.32. The molecule has 0 spiro atoms. The highest BCUT2D eigenvalue weighted by Gasteiger charge is 2.22. The lowest BCUT2D eigenvalue weighted by Gasteiger charge is -2.08. The third kappa shape index (κ3) is 4.28. The summed E-state index contributed by atoms with van der Waals surface area (Å²) in [4.78, 5) is 14.6. The molecular weight excluding hydrogens is 408 g/mol. The Balaban J connectivity index is 1.81. The first kappa shape index (κ1) is 20.9. The first-order chi connectivity index (χ1) is 15.1. The number of ether oxygens (including phenoxy) is 3. The topological polar surface area (TPSA) is 44.8 Å². The van der Waals surface area contributed by atoms with Gasteiger partial charge in [-0.15, -0.1) is 11.3 Å². The van der Waals surface area contributed by atoms with Gasteiger partial charge in [-0.05, 0) is 78.7 Å². The molecule has 0 unspecified atom stereocenters. The van der Waals surface area contributed by atoms with Gasteiger partial charge in [-0.2, -0.15) is 0 Å². The van der Waals surface area contributed by atoms with Gasteiger partial charge in [0.15, 0.2) is 5.78 Å². The van der Waals surface area contributed by atoms with E-state index >= 15 is 0 Å². The van der Waals surface area contributed by atoms with Crippen molar-refractivity contribution in [3.05, 3.63) is 77.9 Å². The van der Waals surface area contributed by atoms with Crippen molar-refractivity contribution in [2.75, 3.05) is 20.8 Å². The molecule has 0 N–H and O–H groups in total. The van der Waals surface area contributed by atoms with Gasteiger partial charge < -0.3 is 14.2 Å². The van der Waals surface area contributed by atoms with Crippen LogP contribution >= 0.6 is 11.3 Å². The van der Waals surface area contributed by atoms with Crippen LogP contribution < -0.4 is 14.2 Å². The van der Waals surface area contributed by atoms with Crippen molar-refractivity contribution >= 4 is 27.2 Å². The van der Waals surface area contributed by atoms with Crippen LogP contribution in [0.5, 0.6) is 17.2 Å². The predicted octanol–water partition coefficient (Wildman–Crippen LogP) is 6.61. The van der Waals surface area contributed by atoms with Gasteiger partial charge >= 0.3 is 0 Å². The fourth-order valence-corrected chi connectivity index (χ4v) is 4.68. The van der Waals surface area contributed by atoms with E-state index in [1.54, 1.807) is 25.6 Å².